The number of ketones is 1. The number of nitrogens with one attached hydrogen (secondary N) is 2. The first-order chi connectivity index (χ1) is 14.5. The van der Waals surface area contributed by atoms with Gasteiger partial charge in [-0.2, -0.15) is 0 Å². The molecular weight excluding hydrogens is 378 g/mol. The number of benzene rings is 2. The van der Waals surface area contributed by atoms with Gasteiger partial charge >= 0.3 is 0 Å². The van der Waals surface area contributed by atoms with Crippen molar-refractivity contribution in [2.75, 3.05) is 30.4 Å². The summed E-state index contributed by atoms with van der Waals surface area (Å²) >= 11 is 0. The Hall–Kier alpha value is -3.38. The molecule has 2 N–H and O–H groups in total. The van der Waals surface area contributed by atoms with Gasteiger partial charge in [0.2, 0.25) is 0 Å². The van der Waals surface area contributed by atoms with Crippen molar-refractivity contribution in [2.45, 2.75) is 19.4 Å². The fraction of sp³-hybridized carbons (Fsp3) is 0.250. The molecule has 2 heterocycles. The molecule has 1 aromatic heterocycles. The van der Waals surface area contributed by atoms with Crippen LogP contribution in [0.5, 0.6) is 0 Å². The molecule has 0 saturated carbocycles. The van der Waals surface area contributed by atoms with Gasteiger partial charge in [0.25, 0.3) is 5.91 Å². The third kappa shape index (κ3) is 4.14. The topological polar surface area (TPSA) is 74.6 Å². The molecule has 0 aliphatic carbocycles. The molecular formula is C24H25N3O3. The van der Waals surface area contributed by atoms with Gasteiger partial charge in [-0.15, -0.1) is 0 Å². The van der Waals surface area contributed by atoms with E-state index in [0.717, 1.165) is 25.2 Å². The second-order valence-electron chi connectivity index (χ2n) is 7.49. The Morgan fingerprint density at radius 2 is 1.80 bits per heavy atom. The highest BCUT2D eigenvalue weighted by Crippen LogP contribution is 2.27. The Morgan fingerprint density at radius 1 is 1.03 bits per heavy atom. The molecule has 3 aromatic rings. The smallest absolute Gasteiger partial charge is 0.291 e. The molecule has 1 atom stereocenters. The summed E-state index contributed by atoms with van der Waals surface area (Å²) in [6.07, 6.45) is 1.13. The lowest BCUT2D eigenvalue weighted by molar-refractivity contribution is 0.0995. The van der Waals surface area contributed by atoms with Crippen LogP contribution in [0.2, 0.25) is 0 Å². The van der Waals surface area contributed by atoms with E-state index in [1.54, 1.807) is 18.2 Å². The molecule has 1 amide bonds. The number of likely N-dealkylation sites (N-methyl/N-ethyl adjacent to an activating group) is 1. The van der Waals surface area contributed by atoms with Gasteiger partial charge in [-0.1, -0.05) is 24.3 Å². The van der Waals surface area contributed by atoms with E-state index in [4.69, 9.17) is 4.42 Å². The zero-order valence-corrected chi connectivity index (χ0v) is 17.1. The molecule has 0 spiro atoms. The number of carbonyl (C=O) groups is 2. The van der Waals surface area contributed by atoms with Gasteiger partial charge in [0.1, 0.15) is 5.76 Å². The Bertz CT molecular complexity index is 1060. The lowest BCUT2D eigenvalue weighted by atomic mass is 10.0. The Labute approximate surface area is 175 Å². The number of furan rings is 1. The van der Waals surface area contributed by atoms with Crippen molar-refractivity contribution in [3.8, 4) is 11.3 Å². The first kappa shape index (κ1) is 19.9. The molecule has 154 valence electrons. The summed E-state index contributed by atoms with van der Waals surface area (Å²) in [5.41, 5.74) is 3.10. The SMILES string of the molecule is CNC1CCN(c2ccc(NC(=O)c3ccc(-c4ccccc4C(C)=O)o3)cc2)C1. The minimum Gasteiger partial charge on any atom is -0.451 e. The van der Waals surface area contributed by atoms with Crippen LogP contribution in [0.3, 0.4) is 0 Å². The van der Waals surface area contributed by atoms with Crippen LogP contribution in [0.1, 0.15) is 34.3 Å². The van der Waals surface area contributed by atoms with Crippen LogP contribution in [-0.2, 0) is 0 Å². The number of Topliss-reactive ketones (excluding diaryl/α,β-unsaturated/α-hetero) is 1. The number of amides is 1. The second-order valence-corrected chi connectivity index (χ2v) is 7.49. The van der Waals surface area contributed by atoms with Crippen LogP contribution in [0, 0.1) is 0 Å². The summed E-state index contributed by atoms with van der Waals surface area (Å²) in [5.74, 6) is 0.316. The molecule has 0 radical (unpaired) electrons. The predicted octanol–water partition coefficient (Wildman–Crippen LogP) is 4.20. The quantitative estimate of drug-likeness (QED) is 0.604. The fourth-order valence-electron chi connectivity index (χ4n) is 3.79. The summed E-state index contributed by atoms with van der Waals surface area (Å²) in [6.45, 7) is 3.52. The minimum absolute atomic E-state index is 0.0490. The van der Waals surface area contributed by atoms with Crippen molar-refractivity contribution in [3.05, 3.63) is 72.0 Å². The van der Waals surface area contributed by atoms with Gasteiger partial charge in [-0.3, -0.25) is 9.59 Å². The summed E-state index contributed by atoms with van der Waals surface area (Å²) in [6, 6.07) is 18.9. The van der Waals surface area contributed by atoms with Gasteiger partial charge in [-0.05, 0) is 56.8 Å². The van der Waals surface area contributed by atoms with E-state index < -0.39 is 0 Å². The van der Waals surface area contributed by atoms with E-state index in [1.807, 2.05) is 49.5 Å². The van der Waals surface area contributed by atoms with Crippen LogP contribution in [0.15, 0.2) is 65.1 Å². The molecule has 1 saturated heterocycles. The summed E-state index contributed by atoms with van der Waals surface area (Å²) in [5, 5.41) is 6.18. The van der Waals surface area contributed by atoms with Crippen molar-refractivity contribution < 1.29 is 14.0 Å². The fourth-order valence-corrected chi connectivity index (χ4v) is 3.79. The first-order valence-corrected chi connectivity index (χ1v) is 10.1. The van der Waals surface area contributed by atoms with Gasteiger partial charge in [0.05, 0.1) is 0 Å². The van der Waals surface area contributed by atoms with Crippen molar-refractivity contribution in [1.29, 1.82) is 0 Å². The number of carbonyl (C=O) groups excluding carboxylic acids is 2. The maximum Gasteiger partial charge on any atom is 0.291 e. The lowest BCUT2D eigenvalue weighted by Gasteiger charge is -2.19. The van der Waals surface area contributed by atoms with E-state index in [9.17, 15) is 9.59 Å². The summed E-state index contributed by atoms with van der Waals surface area (Å²) in [4.78, 5) is 26.8. The van der Waals surface area contributed by atoms with Gasteiger partial charge < -0.3 is 20.0 Å². The highest BCUT2D eigenvalue weighted by atomic mass is 16.3. The predicted molar refractivity (Wildman–Crippen MR) is 118 cm³/mol. The molecule has 1 aliphatic rings. The van der Waals surface area contributed by atoms with Crippen LogP contribution in [-0.4, -0.2) is 37.9 Å². The number of rotatable bonds is 6. The number of hydrogen-bond acceptors (Lipinski definition) is 5. The molecule has 30 heavy (non-hydrogen) atoms. The monoisotopic (exact) mass is 403 g/mol. The van der Waals surface area contributed by atoms with E-state index in [0.29, 0.717) is 28.6 Å². The number of hydrogen-bond donors (Lipinski definition) is 2. The summed E-state index contributed by atoms with van der Waals surface area (Å²) in [7, 11) is 1.99. The van der Waals surface area contributed by atoms with Gasteiger partial charge in [0, 0.05) is 41.6 Å². The van der Waals surface area contributed by atoms with E-state index in [2.05, 4.69) is 15.5 Å². The van der Waals surface area contributed by atoms with Crippen LogP contribution >= 0.6 is 0 Å². The third-order valence-electron chi connectivity index (χ3n) is 5.49. The molecule has 4 rings (SSSR count). The van der Waals surface area contributed by atoms with Crippen molar-refractivity contribution in [1.82, 2.24) is 5.32 Å². The summed E-state index contributed by atoms with van der Waals surface area (Å²) < 4.78 is 5.74. The zero-order chi connectivity index (χ0) is 21.1. The molecule has 6 heteroatoms. The first-order valence-electron chi connectivity index (χ1n) is 10.1. The maximum atomic E-state index is 12.6. The molecule has 1 unspecified atom stereocenters. The lowest BCUT2D eigenvalue weighted by Crippen LogP contribution is -2.29. The van der Waals surface area contributed by atoms with Gasteiger partial charge in [0.15, 0.2) is 11.5 Å². The van der Waals surface area contributed by atoms with Crippen molar-refractivity contribution in [3.63, 3.8) is 0 Å². The third-order valence-corrected chi connectivity index (χ3v) is 5.49. The minimum atomic E-state index is -0.328. The van der Waals surface area contributed by atoms with Crippen molar-refractivity contribution >= 4 is 23.1 Å². The molecule has 1 fully saturated rings. The Kier molecular flexibility index (Phi) is 5.68. The van der Waals surface area contributed by atoms with Crippen LogP contribution in [0.25, 0.3) is 11.3 Å². The van der Waals surface area contributed by atoms with E-state index in [1.165, 1.54) is 6.92 Å². The molecule has 6 nitrogen and oxygen atoms in total. The Balaban J connectivity index is 1.45. The highest BCUT2D eigenvalue weighted by Gasteiger charge is 2.21. The molecule has 0 bridgehead atoms. The number of nitrogens with zero attached hydrogens (tertiary/aromatic N) is 1. The maximum absolute atomic E-state index is 12.6. The van der Waals surface area contributed by atoms with Gasteiger partial charge in [-0.25, -0.2) is 0 Å². The second kappa shape index (κ2) is 8.55. The van der Waals surface area contributed by atoms with Crippen LogP contribution < -0.4 is 15.5 Å². The van der Waals surface area contributed by atoms with E-state index >= 15 is 0 Å². The van der Waals surface area contributed by atoms with E-state index in [-0.39, 0.29) is 17.5 Å². The average Bonchev–Trinajstić information content (AvgIpc) is 3.44. The number of anilines is 2. The zero-order valence-electron chi connectivity index (χ0n) is 17.1. The average molecular weight is 403 g/mol. The van der Waals surface area contributed by atoms with Crippen LogP contribution in [0.4, 0.5) is 11.4 Å². The standard InChI is InChI=1S/C24H25N3O3/c1-16(28)20-5-3-4-6-21(20)22-11-12-23(30-22)24(29)26-17-7-9-19(10-8-17)27-14-13-18(15-27)25-2/h3-12,18,25H,13-15H2,1-2H3,(H,26,29). The highest BCUT2D eigenvalue weighted by molar-refractivity contribution is 6.03. The van der Waals surface area contributed by atoms with Crippen molar-refractivity contribution in [2.24, 2.45) is 0 Å². The Morgan fingerprint density at radius 3 is 2.50 bits per heavy atom. The normalized spacial score (nSPS) is 15.9. The molecule has 2 aromatic carbocycles. The molecule has 1 aliphatic heterocycles. The largest absolute Gasteiger partial charge is 0.451 e.